The second-order valence-corrected chi connectivity index (χ2v) is 9.47. The number of hydrogen-bond donors (Lipinski definition) is 2. The maximum Gasteiger partial charge on any atom is 0.261 e. The van der Waals surface area contributed by atoms with Gasteiger partial charge in [-0.1, -0.05) is 30.3 Å². The van der Waals surface area contributed by atoms with E-state index in [1.165, 1.54) is 19.2 Å². The van der Waals surface area contributed by atoms with E-state index in [9.17, 15) is 13.2 Å². The summed E-state index contributed by atoms with van der Waals surface area (Å²) >= 11 is 0. The van der Waals surface area contributed by atoms with Crippen LogP contribution in [0.4, 0.5) is 11.4 Å². The zero-order chi connectivity index (χ0) is 23.6. The highest BCUT2D eigenvalue weighted by Crippen LogP contribution is 2.27. The number of nitrogens with one attached hydrogen (secondary N) is 2. The Balaban J connectivity index is 1.53. The third-order valence-electron chi connectivity index (χ3n) is 5.49. The number of amides is 1. The molecule has 6 nitrogen and oxygen atoms in total. The van der Waals surface area contributed by atoms with E-state index in [1.807, 2.05) is 50.2 Å². The lowest BCUT2D eigenvalue weighted by atomic mass is 10.1. The molecule has 0 saturated heterocycles. The molecule has 0 aliphatic rings. The van der Waals surface area contributed by atoms with E-state index in [1.54, 1.807) is 30.3 Å². The Hall–Kier alpha value is -3.84. The second kappa shape index (κ2) is 8.96. The minimum Gasteiger partial charge on any atom is -0.496 e. The number of anilines is 2. The zero-order valence-electron chi connectivity index (χ0n) is 18.5. The number of carbonyl (C=O) groups excluding carboxylic acids is 1. The Labute approximate surface area is 193 Å². The van der Waals surface area contributed by atoms with Gasteiger partial charge in [-0.15, -0.1) is 0 Å². The Morgan fingerprint density at radius 2 is 1.42 bits per heavy atom. The fraction of sp³-hybridized carbons (Fsp3) is 0.115. The first kappa shape index (κ1) is 22.4. The van der Waals surface area contributed by atoms with Crippen LogP contribution in [0.5, 0.6) is 5.75 Å². The number of hydrogen-bond acceptors (Lipinski definition) is 4. The summed E-state index contributed by atoms with van der Waals surface area (Å²) in [5.74, 6) is 0.115. The first-order valence-electron chi connectivity index (χ1n) is 10.3. The van der Waals surface area contributed by atoms with Crippen LogP contribution < -0.4 is 14.8 Å². The van der Waals surface area contributed by atoms with Crippen LogP contribution in [0.1, 0.15) is 21.5 Å². The third-order valence-corrected chi connectivity index (χ3v) is 6.89. The number of aryl methyl sites for hydroxylation is 2. The average molecular weight is 461 g/mol. The van der Waals surface area contributed by atoms with Gasteiger partial charge in [0, 0.05) is 11.4 Å². The van der Waals surface area contributed by atoms with Crippen molar-refractivity contribution < 1.29 is 17.9 Å². The molecule has 0 fully saturated rings. The standard InChI is InChI=1S/C26H24N2O4S/c1-17-8-9-22(14-18(17)2)28-33(30,31)23-12-10-21(11-13-23)27-26(29)24-15-19-6-4-5-7-20(19)16-25(24)32-3/h4-16,28H,1-3H3,(H,27,29). The Morgan fingerprint density at radius 1 is 0.788 bits per heavy atom. The molecule has 4 aromatic rings. The van der Waals surface area contributed by atoms with E-state index in [0.29, 0.717) is 22.7 Å². The minimum atomic E-state index is -3.76. The molecule has 168 valence electrons. The van der Waals surface area contributed by atoms with Crippen molar-refractivity contribution >= 4 is 38.1 Å². The van der Waals surface area contributed by atoms with Gasteiger partial charge in [0.15, 0.2) is 0 Å². The van der Waals surface area contributed by atoms with Gasteiger partial charge in [-0.25, -0.2) is 8.42 Å². The van der Waals surface area contributed by atoms with Gasteiger partial charge in [0.1, 0.15) is 5.75 Å². The molecule has 4 aromatic carbocycles. The summed E-state index contributed by atoms with van der Waals surface area (Å²) in [5.41, 5.74) is 3.45. The number of methoxy groups -OCH3 is 1. The van der Waals surface area contributed by atoms with Crippen LogP contribution in [-0.4, -0.2) is 21.4 Å². The number of fused-ring (bicyclic) bond motifs is 1. The van der Waals surface area contributed by atoms with Crippen molar-refractivity contribution in [2.75, 3.05) is 17.1 Å². The molecule has 7 heteroatoms. The lowest BCUT2D eigenvalue weighted by Gasteiger charge is -2.12. The lowest BCUT2D eigenvalue weighted by Crippen LogP contribution is -2.15. The lowest BCUT2D eigenvalue weighted by molar-refractivity contribution is 0.102. The highest BCUT2D eigenvalue weighted by molar-refractivity contribution is 7.92. The van der Waals surface area contributed by atoms with Crippen LogP contribution >= 0.6 is 0 Å². The van der Waals surface area contributed by atoms with Gasteiger partial charge in [0.25, 0.3) is 15.9 Å². The smallest absolute Gasteiger partial charge is 0.261 e. The quantitative estimate of drug-likeness (QED) is 0.397. The average Bonchev–Trinajstić information content (AvgIpc) is 2.80. The van der Waals surface area contributed by atoms with E-state index in [-0.39, 0.29) is 10.8 Å². The van der Waals surface area contributed by atoms with Crippen LogP contribution in [0, 0.1) is 13.8 Å². The van der Waals surface area contributed by atoms with Crippen molar-refractivity contribution in [3.05, 3.63) is 95.6 Å². The van der Waals surface area contributed by atoms with Gasteiger partial charge in [0.2, 0.25) is 0 Å². The Bertz CT molecular complexity index is 1450. The van der Waals surface area contributed by atoms with Gasteiger partial charge in [-0.2, -0.15) is 0 Å². The molecule has 0 unspecified atom stereocenters. The van der Waals surface area contributed by atoms with Crippen LogP contribution in [0.3, 0.4) is 0 Å². The maximum absolute atomic E-state index is 12.9. The first-order chi connectivity index (χ1) is 15.8. The highest BCUT2D eigenvalue weighted by Gasteiger charge is 2.17. The fourth-order valence-corrected chi connectivity index (χ4v) is 4.55. The molecule has 1 amide bonds. The summed E-state index contributed by atoms with van der Waals surface area (Å²) in [7, 11) is -2.24. The SMILES string of the molecule is COc1cc2ccccc2cc1C(=O)Nc1ccc(S(=O)(=O)Nc2ccc(C)c(C)c2)cc1. The monoisotopic (exact) mass is 460 g/mol. The number of sulfonamides is 1. The van der Waals surface area contributed by atoms with E-state index in [2.05, 4.69) is 10.0 Å². The molecule has 2 N–H and O–H groups in total. The molecule has 0 aliphatic carbocycles. The van der Waals surface area contributed by atoms with Gasteiger partial charge < -0.3 is 10.1 Å². The van der Waals surface area contributed by atoms with Crippen molar-refractivity contribution in [1.29, 1.82) is 0 Å². The zero-order valence-corrected chi connectivity index (χ0v) is 19.4. The van der Waals surface area contributed by atoms with Gasteiger partial charge in [-0.3, -0.25) is 9.52 Å². The van der Waals surface area contributed by atoms with Crippen LogP contribution in [0.25, 0.3) is 10.8 Å². The minimum absolute atomic E-state index is 0.0991. The third kappa shape index (κ3) is 4.83. The van der Waals surface area contributed by atoms with Gasteiger partial charge in [0.05, 0.1) is 17.6 Å². The topological polar surface area (TPSA) is 84.5 Å². The summed E-state index contributed by atoms with van der Waals surface area (Å²) in [4.78, 5) is 13.0. The molecule has 0 heterocycles. The first-order valence-corrected chi connectivity index (χ1v) is 11.8. The molecule has 0 atom stereocenters. The predicted molar refractivity (Wildman–Crippen MR) is 132 cm³/mol. The predicted octanol–water partition coefficient (Wildman–Crippen LogP) is 5.52. The summed E-state index contributed by atoms with van der Waals surface area (Å²) in [6.45, 7) is 3.89. The number of carbonyl (C=O) groups is 1. The molecular weight excluding hydrogens is 436 g/mol. The largest absolute Gasteiger partial charge is 0.496 e. The molecular formula is C26H24N2O4S. The molecule has 0 radical (unpaired) electrons. The van der Waals surface area contributed by atoms with Crippen LogP contribution in [0.2, 0.25) is 0 Å². The molecule has 0 aromatic heterocycles. The second-order valence-electron chi connectivity index (χ2n) is 7.78. The van der Waals surface area contributed by atoms with Crippen molar-refractivity contribution in [3.63, 3.8) is 0 Å². The van der Waals surface area contributed by atoms with Crippen LogP contribution in [-0.2, 0) is 10.0 Å². The fourth-order valence-electron chi connectivity index (χ4n) is 3.50. The van der Waals surface area contributed by atoms with E-state index < -0.39 is 10.0 Å². The summed E-state index contributed by atoms with van der Waals surface area (Å²) in [6, 6.07) is 22.7. The van der Waals surface area contributed by atoms with Gasteiger partial charge >= 0.3 is 0 Å². The maximum atomic E-state index is 12.9. The highest BCUT2D eigenvalue weighted by atomic mass is 32.2. The normalized spacial score (nSPS) is 11.2. The van der Waals surface area contributed by atoms with E-state index in [4.69, 9.17) is 4.74 Å². The molecule has 4 rings (SSSR count). The molecule has 0 aliphatic heterocycles. The van der Waals surface area contributed by atoms with Gasteiger partial charge in [-0.05, 0) is 84.3 Å². The van der Waals surface area contributed by atoms with Crippen LogP contribution in [0.15, 0.2) is 83.8 Å². The number of rotatable bonds is 6. The molecule has 33 heavy (non-hydrogen) atoms. The van der Waals surface area contributed by atoms with Crippen molar-refractivity contribution in [1.82, 2.24) is 0 Å². The van der Waals surface area contributed by atoms with Crippen molar-refractivity contribution in [2.24, 2.45) is 0 Å². The van der Waals surface area contributed by atoms with Crippen molar-refractivity contribution in [3.8, 4) is 5.75 Å². The van der Waals surface area contributed by atoms with Crippen molar-refractivity contribution in [2.45, 2.75) is 18.7 Å². The number of benzene rings is 4. The Kier molecular flexibility index (Phi) is 6.07. The summed E-state index contributed by atoms with van der Waals surface area (Å²) in [5, 5.41) is 4.69. The Morgan fingerprint density at radius 3 is 2.06 bits per heavy atom. The number of ether oxygens (including phenoxy) is 1. The molecule has 0 saturated carbocycles. The molecule has 0 bridgehead atoms. The summed E-state index contributed by atoms with van der Waals surface area (Å²) < 4.78 is 33.5. The van der Waals surface area contributed by atoms with E-state index in [0.717, 1.165) is 21.9 Å². The molecule has 0 spiro atoms. The summed E-state index contributed by atoms with van der Waals surface area (Å²) in [6.07, 6.45) is 0. The van der Waals surface area contributed by atoms with E-state index >= 15 is 0 Å².